The molecule has 1 aliphatic heterocycles. The first kappa shape index (κ1) is 23.1. The van der Waals surface area contributed by atoms with E-state index in [9.17, 15) is 13.2 Å². The van der Waals surface area contributed by atoms with Crippen molar-refractivity contribution in [2.45, 2.75) is 32.7 Å². The molecule has 0 bridgehead atoms. The van der Waals surface area contributed by atoms with Crippen LogP contribution in [0.15, 0.2) is 30.3 Å². The van der Waals surface area contributed by atoms with E-state index in [1.165, 1.54) is 18.2 Å². The molecule has 2 heterocycles. The SMILES string of the molecule is CC[C@@H](C)Nc1nc(NCCN2CCOCC2)cc(-c2cccc(OC(F)(F)F)c2)n1. The molecule has 1 aromatic heterocycles. The lowest BCUT2D eigenvalue weighted by Gasteiger charge is -2.26. The van der Waals surface area contributed by atoms with E-state index < -0.39 is 6.36 Å². The average molecular weight is 439 g/mol. The van der Waals surface area contributed by atoms with Crippen LogP contribution in [-0.2, 0) is 4.74 Å². The summed E-state index contributed by atoms with van der Waals surface area (Å²) in [7, 11) is 0. The number of aromatic nitrogens is 2. The van der Waals surface area contributed by atoms with Crippen molar-refractivity contribution in [3.63, 3.8) is 0 Å². The van der Waals surface area contributed by atoms with Gasteiger partial charge in [0.05, 0.1) is 18.9 Å². The van der Waals surface area contributed by atoms with Crippen LogP contribution in [0, 0.1) is 0 Å². The molecule has 1 aliphatic rings. The molecule has 1 fully saturated rings. The van der Waals surface area contributed by atoms with Crippen LogP contribution in [0.4, 0.5) is 24.9 Å². The first-order chi connectivity index (χ1) is 14.8. The molecule has 0 spiro atoms. The van der Waals surface area contributed by atoms with Gasteiger partial charge in [0.15, 0.2) is 0 Å². The van der Waals surface area contributed by atoms with Gasteiger partial charge in [0.2, 0.25) is 5.95 Å². The molecule has 3 rings (SSSR count). The molecule has 1 aromatic carbocycles. The van der Waals surface area contributed by atoms with Crippen molar-refractivity contribution in [1.82, 2.24) is 14.9 Å². The van der Waals surface area contributed by atoms with Crippen molar-refractivity contribution in [3.05, 3.63) is 30.3 Å². The molecule has 170 valence electrons. The number of nitrogens with one attached hydrogen (secondary N) is 2. The summed E-state index contributed by atoms with van der Waals surface area (Å²) in [6.07, 6.45) is -3.87. The van der Waals surface area contributed by atoms with Crippen LogP contribution in [0.1, 0.15) is 20.3 Å². The number of halogens is 3. The first-order valence-corrected chi connectivity index (χ1v) is 10.4. The molecular weight excluding hydrogens is 411 g/mol. The monoisotopic (exact) mass is 439 g/mol. The Morgan fingerprint density at radius 3 is 2.68 bits per heavy atom. The van der Waals surface area contributed by atoms with Crippen molar-refractivity contribution in [2.24, 2.45) is 0 Å². The Morgan fingerprint density at radius 2 is 1.97 bits per heavy atom. The van der Waals surface area contributed by atoms with E-state index in [0.717, 1.165) is 39.3 Å². The van der Waals surface area contributed by atoms with Gasteiger partial charge in [0.25, 0.3) is 0 Å². The summed E-state index contributed by atoms with van der Waals surface area (Å²) < 4.78 is 47.2. The quantitative estimate of drug-likeness (QED) is 0.612. The number of benzene rings is 1. The second-order valence-electron chi connectivity index (χ2n) is 7.37. The van der Waals surface area contributed by atoms with Gasteiger partial charge in [0, 0.05) is 43.9 Å². The molecule has 0 saturated carbocycles. The molecule has 0 amide bonds. The molecule has 7 nitrogen and oxygen atoms in total. The number of morpholine rings is 1. The van der Waals surface area contributed by atoms with E-state index >= 15 is 0 Å². The minimum Gasteiger partial charge on any atom is -0.406 e. The van der Waals surface area contributed by atoms with Gasteiger partial charge in [-0.15, -0.1) is 13.2 Å². The van der Waals surface area contributed by atoms with Gasteiger partial charge in [-0.2, -0.15) is 4.98 Å². The fourth-order valence-corrected chi connectivity index (χ4v) is 3.09. The average Bonchev–Trinajstić information content (AvgIpc) is 2.73. The molecule has 0 unspecified atom stereocenters. The standard InChI is InChI=1S/C21H28F3N5O2/c1-3-15(2)26-20-27-18(16-5-4-6-17(13-16)31-21(22,23)24)14-19(28-20)25-7-8-29-9-11-30-12-10-29/h4-6,13-15H,3,7-12H2,1-2H3,(H2,25,26,27,28)/t15-/m1/s1. The van der Waals surface area contributed by atoms with Gasteiger partial charge in [-0.25, -0.2) is 4.98 Å². The Kier molecular flexibility index (Phi) is 7.91. The molecule has 2 N–H and O–H groups in total. The van der Waals surface area contributed by atoms with Crippen molar-refractivity contribution in [3.8, 4) is 17.0 Å². The van der Waals surface area contributed by atoms with Crippen LogP contribution in [0.2, 0.25) is 0 Å². The van der Waals surface area contributed by atoms with E-state index in [1.54, 1.807) is 12.1 Å². The fourth-order valence-electron chi connectivity index (χ4n) is 3.09. The van der Waals surface area contributed by atoms with Crippen LogP contribution in [0.5, 0.6) is 5.75 Å². The van der Waals surface area contributed by atoms with Crippen molar-refractivity contribution < 1.29 is 22.6 Å². The number of alkyl halides is 3. The van der Waals surface area contributed by atoms with Crippen molar-refractivity contribution >= 4 is 11.8 Å². The lowest BCUT2D eigenvalue weighted by atomic mass is 10.1. The Hall–Kier alpha value is -2.59. The van der Waals surface area contributed by atoms with Gasteiger partial charge in [-0.1, -0.05) is 19.1 Å². The van der Waals surface area contributed by atoms with E-state index in [4.69, 9.17) is 4.74 Å². The fraction of sp³-hybridized carbons (Fsp3) is 0.524. The molecule has 0 aliphatic carbocycles. The van der Waals surface area contributed by atoms with E-state index in [1.807, 2.05) is 13.8 Å². The molecule has 1 atom stereocenters. The third-order valence-corrected chi connectivity index (χ3v) is 4.92. The highest BCUT2D eigenvalue weighted by molar-refractivity contribution is 5.66. The number of ether oxygens (including phenoxy) is 2. The Labute approximate surface area is 180 Å². The highest BCUT2D eigenvalue weighted by Gasteiger charge is 2.31. The topological polar surface area (TPSA) is 71.5 Å². The first-order valence-electron chi connectivity index (χ1n) is 10.4. The summed E-state index contributed by atoms with van der Waals surface area (Å²) in [5, 5.41) is 6.54. The molecule has 2 aromatic rings. The van der Waals surface area contributed by atoms with E-state index in [0.29, 0.717) is 29.6 Å². The number of hydrogen-bond donors (Lipinski definition) is 2. The molecule has 1 saturated heterocycles. The number of hydrogen-bond acceptors (Lipinski definition) is 7. The van der Waals surface area contributed by atoms with Gasteiger partial charge in [-0.3, -0.25) is 4.90 Å². The zero-order valence-corrected chi connectivity index (χ0v) is 17.7. The molecule has 31 heavy (non-hydrogen) atoms. The maximum atomic E-state index is 12.6. The normalized spacial score (nSPS) is 16.0. The van der Waals surface area contributed by atoms with E-state index in [2.05, 4.69) is 30.2 Å². The molecule has 10 heteroatoms. The lowest BCUT2D eigenvalue weighted by molar-refractivity contribution is -0.274. The predicted octanol–water partition coefficient (Wildman–Crippen LogP) is 4.00. The maximum Gasteiger partial charge on any atom is 0.573 e. The Morgan fingerprint density at radius 1 is 1.19 bits per heavy atom. The van der Waals surface area contributed by atoms with Crippen molar-refractivity contribution in [2.75, 3.05) is 50.0 Å². The van der Waals surface area contributed by atoms with Crippen LogP contribution in [0.25, 0.3) is 11.3 Å². The largest absolute Gasteiger partial charge is 0.573 e. The van der Waals surface area contributed by atoms with Crippen LogP contribution in [-0.4, -0.2) is 66.7 Å². The number of rotatable bonds is 9. The summed E-state index contributed by atoms with van der Waals surface area (Å²) in [5.74, 6) is 0.732. The van der Waals surface area contributed by atoms with Gasteiger partial charge < -0.3 is 20.1 Å². The van der Waals surface area contributed by atoms with Gasteiger partial charge >= 0.3 is 6.36 Å². The maximum absolute atomic E-state index is 12.6. The predicted molar refractivity (Wildman–Crippen MR) is 113 cm³/mol. The van der Waals surface area contributed by atoms with E-state index in [-0.39, 0.29) is 11.8 Å². The summed E-state index contributed by atoms with van der Waals surface area (Å²) in [4.78, 5) is 11.3. The zero-order valence-electron chi connectivity index (χ0n) is 17.7. The summed E-state index contributed by atoms with van der Waals surface area (Å²) in [6.45, 7) is 8.82. The highest BCUT2D eigenvalue weighted by Crippen LogP contribution is 2.28. The summed E-state index contributed by atoms with van der Waals surface area (Å²) in [5.41, 5.74) is 1.01. The second kappa shape index (κ2) is 10.6. The Balaban J connectivity index is 1.78. The second-order valence-corrected chi connectivity index (χ2v) is 7.37. The minimum absolute atomic E-state index is 0.149. The molecule has 0 radical (unpaired) electrons. The summed E-state index contributed by atoms with van der Waals surface area (Å²) >= 11 is 0. The summed E-state index contributed by atoms with van der Waals surface area (Å²) in [6, 6.07) is 7.66. The zero-order chi connectivity index (χ0) is 22.3. The Bertz CT molecular complexity index is 844. The number of nitrogens with zero attached hydrogens (tertiary/aromatic N) is 3. The van der Waals surface area contributed by atoms with Gasteiger partial charge in [0.1, 0.15) is 11.6 Å². The van der Waals surface area contributed by atoms with Crippen molar-refractivity contribution in [1.29, 1.82) is 0 Å². The third-order valence-electron chi connectivity index (χ3n) is 4.92. The van der Waals surface area contributed by atoms with Crippen LogP contribution < -0.4 is 15.4 Å². The highest BCUT2D eigenvalue weighted by atomic mass is 19.4. The van der Waals surface area contributed by atoms with Gasteiger partial charge in [-0.05, 0) is 25.5 Å². The minimum atomic E-state index is -4.75. The smallest absolute Gasteiger partial charge is 0.406 e. The van der Waals surface area contributed by atoms with Crippen LogP contribution in [0.3, 0.4) is 0 Å². The molecular formula is C21H28F3N5O2. The lowest BCUT2D eigenvalue weighted by Crippen LogP contribution is -2.39. The van der Waals surface area contributed by atoms with Crippen LogP contribution >= 0.6 is 0 Å². The third kappa shape index (κ3) is 7.55. The number of anilines is 2.